The minimum atomic E-state index is -0.650. The van der Waals surface area contributed by atoms with Crippen LogP contribution < -0.4 is 22.5 Å². The van der Waals surface area contributed by atoms with Gasteiger partial charge in [-0.25, -0.2) is 0 Å². The number of carbonyl (C=O) groups excluding carboxylic acids is 2. The minimum Gasteiger partial charge on any atom is -0.369 e. The molecule has 1 aromatic rings. The molecular weight excluding hydrogens is 388 g/mol. The van der Waals surface area contributed by atoms with Gasteiger partial charge >= 0.3 is 0 Å². The van der Waals surface area contributed by atoms with E-state index in [1.54, 1.807) is 0 Å². The third-order valence-electron chi connectivity index (χ3n) is 7.08. The van der Waals surface area contributed by atoms with Crippen LogP contribution in [0.4, 0.5) is 0 Å². The van der Waals surface area contributed by atoms with Gasteiger partial charge in [0.25, 0.3) is 0 Å². The Labute approximate surface area is 187 Å². The highest BCUT2D eigenvalue weighted by Crippen LogP contribution is 2.51. The summed E-state index contributed by atoms with van der Waals surface area (Å²) in [5.74, 6) is 0.525. The van der Waals surface area contributed by atoms with Gasteiger partial charge in [0.2, 0.25) is 11.8 Å². The van der Waals surface area contributed by atoms with Gasteiger partial charge in [-0.3, -0.25) is 9.59 Å². The summed E-state index contributed by atoms with van der Waals surface area (Å²) in [5, 5.41) is 3.16. The fourth-order valence-electron chi connectivity index (χ4n) is 5.43. The maximum Gasteiger partial charge on any atom is 0.237 e. The number of amides is 2. The zero-order valence-electron chi connectivity index (χ0n) is 19.5. The molecule has 7 N–H and O–H groups in total. The summed E-state index contributed by atoms with van der Waals surface area (Å²) in [7, 11) is 0. The van der Waals surface area contributed by atoms with Crippen molar-refractivity contribution in [3.8, 4) is 0 Å². The predicted molar refractivity (Wildman–Crippen MR) is 126 cm³/mol. The molecule has 0 radical (unpaired) electrons. The Hall–Kier alpha value is -1.92. The summed E-state index contributed by atoms with van der Waals surface area (Å²) in [6.45, 7) is 7.12. The Balaban J connectivity index is 2.32. The Morgan fingerprint density at radius 1 is 1.16 bits per heavy atom. The van der Waals surface area contributed by atoms with Crippen molar-refractivity contribution in [3.63, 3.8) is 0 Å². The van der Waals surface area contributed by atoms with Gasteiger partial charge in [-0.2, -0.15) is 0 Å². The van der Waals surface area contributed by atoms with Gasteiger partial charge in [0.1, 0.15) is 0 Å². The molecule has 5 atom stereocenters. The van der Waals surface area contributed by atoms with Crippen LogP contribution in [0.15, 0.2) is 30.3 Å². The molecule has 0 aliphatic heterocycles. The summed E-state index contributed by atoms with van der Waals surface area (Å²) < 4.78 is 0. The molecule has 0 aromatic heterocycles. The molecule has 2 amide bonds. The van der Waals surface area contributed by atoms with E-state index in [0.717, 1.165) is 37.7 Å². The van der Waals surface area contributed by atoms with Crippen LogP contribution >= 0.6 is 0 Å². The van der Waals surface area contributed by atoms with E-state index < -0.39 is 11.5 Å². The van der Waals surface area contributed by atoms with Crippen molar-refractivity contribution in [1.29, 1.82) is 0 Å². The van der Waals surface area contributed by atoms with Crippen LogP contribution in [0.3, 0.4) is 0 Å². The van der Waals surface area contributed by atoms with E-state index in [9.17, 15) is 9.59 Å². The van der Waals surface area contributed by atoms with Crippen molar-refractivity contribution < 1.29 is 9.59 Å². The molecule has 174 valence electrons. The van der Waals surface area contributed by atoms with Crippen molar-refractivity contribution in [2.75, 3.05) is 6.54 Å². The number of nitrogens with two attached hydrogens (primary N) is 3. The Morgan fingerprint density at radius 3 is 2.42 bits per heavy atom. The maximum absolute atomic E-state index is 13.0. The number of benzene rings is 1. The highest BCUT2D eigenvalue weighted by atomic mass is 16.2. The number of hydrogen-bond acceptors (Lipinski definition) is 4. The first-order chi connectivity index (χ1) is 14.7. The lowest BCUT2D eigenvalue weighted by molar-refractivity contribution is -0.138. The first-order valence-electron chi connectivity index (χ1n) is 11.8. The Morgan fingerprint density at radius 2 is 1.84 bits per heavy atom. The summed E-state index contributed by atoms with van der Waals surface area (Å²) in [4.78, 5) is 25.9. The van der Waals surface area contributed by atoms with Gasteiger partial charge in [-0.15, -0.1) is 0 Å². The van der Waals surface area contributed by atoms with Gasteiger partial charge in [0, 0.05) is 0 Å². The highest BCUT2D eigenvalue weighted by molar-refractivity contribution is 5.83. The highest BCUT2D eigenvalue weighted by Gasteiger charge is 2.50. The number of nitrogens with one attached hydrogen (secondary N) is 1. The van der Waals surface area contributed by atoms with Gasteiger partial charge in [-0.05, 0) is 62.0 Å². The first-order valence-corrected chi connectivity index (χ1v) is 11.8. The standard InChI is InChI=1S/C25H42N4O2/c1-17(2)20-13-12-18(3)15-25(20,24(28)31)16-22(19-9-5-4-6-10-19)29-23(30)21(27)11-7-8-14-26/h4-6,9-10,17-18,20-22H,7-8,11-16,26-27H2,1-3H3,(H2,28,31)(H,29,30)/t18?,20?,21-,22-,25?/m0/s1. The lowest BCUT2D eigenvalue weighted by atomic mass is 9.57. The van der Waals surface area contributed by atoms with E-state index in [0.29, 0.717) is 31.2 Å². The van der Waals surface area contributed by atoms with Crippen LogP contribution in [-0.2, 0) is 9.59 Å². The third-order valence-corrected chi connectivity index (χ3v) is 7.08. The number of primary amides is 1. The molecule has 0 spiro atoms. The van der Waals surface area contributed by atoms with Crippen molar-refractivity contribution in [2.45, 2.75) is 77.8 Å². The fraction of sp³-hybridized carbons (Fsp3) is 0.680. The lowest BCUT2D eigenvalue weighted by Gasteiger charge is -2.48. The molecule has 0 saturated heterocycles. The number of hydrogen-bond donors (Lipinski definition) is 4. The Bertz CT molecular complexity index is 709. The summed E-state index contributed by atoms with van der Waals surface area (Å²) in [5.41, 5.74) is 18.2. The van der Waals surface area contributed by atoms with Gasteiger partial charge in [0.05, 0.1) is 17.5 Å². The van der Waals surface area contributed by atoms with Crippen molar-refractivity contribution in [2.24, 2.45) is 40.4 Å². The molecule has 1 aliphatic rings. The van der Waals surface area contributed by atoms with Gasteiger partial charge < -0.3 is 22.5 Å². The largest absolute Gasteiger partial charge is 0.369 e. The number of unbranched alkanes of at least 4 members (excludes halogenated alkanes) is 1. The number of rotatable bonds is 11. The molecule has 1 aromatic carbocycles. The lowest BCUT2D eigenvalue weighted by Crippen LogP contribution is -2.52. The maximum atomic E-state index is 13.0. The van der Waals surface area contributed by atoms with Crippen LogP contribution in [0.2, 0.25) is 0 Å². The van der Waals surface area contributed by atoms with Crippen molar-refractivity contribution in [1.82, 2.24) is 5.32 Å². The molecule has 6 nitrogen and oxygen atoms in total. The van der Waals surface area contributed by atoms with Crippen molar-refractivity contribution >= 4 is 11.8 Å². The molecule has 0 bridgehead atoms. The summed E-state index contributed by atoms with van der Waals surface area (Å²) in [6.07, 6.45) is 5.61. The molecule has 6 heteroatoms. The second-order valence-electron chi connectivity index (χ2n) is 9.82. The molecule has 1 aliphatic carbocycles. The van der Waals surface area contributed by atoms with Gasteiger partial charge in [-0.1, -0.05) is 63.9 Å². The zero-order valence-corrected chi connectivity index (χ0v) is 19.5. The smallest absolute Gasteiger partial charge is 0.237 e. The summed E-state index contributed by atoms with van der Waals surface area (Å²) >= 11 is 0. The van der Waals surface area contributed by atoms with E-state index in [2.05, 4.69) is 26.1 Å². The molecule has 1 fully saturated rings. The van der Waals surface area contributed by atoms with E-state index >= 15 is 0 Å². The van der Waals surface area contributed by atoms with Crippen LogP contribution in [0.5, 0.6) is 0 Å². The molecule has 2 rings (SSSR count). The zero-order chi connectivity index (χ0) is 23.0. The normalized spacial score (nSPS) is 25.7. The SMILES string of the molecule is CC1CCC(C(C)C)C(C[C@H](NC(=O)[C@@H](N)CCCCN)c2ccccc2)(C(N)=O)C1. The van der Waals surface area contributed by atoms with E-state index in [-0.39, 0.29) is 23.8 Å². The molecule has 1 saturated carbocycles. The third kappa shape index (κ3) is 6.53. The molecular formula is C25H42N4O2. The predicted octanol–water partition coefficient (Wildman–Crippen LogP) is 3.25. The average molecular weight is 431 g/mol. The second-order valence-corrected chi connectivity index (χ2v) is 9.82. The quantitative estimate of drug-likeness (QED) is 0.402. The molecule has 0 heterocycles. The monoisotopic (exact) mass is 430 g/mol. The van der Waals surface area contributed by atoms with Crippen molar-refractivity contribution in [3.05, 3.63) is 35.9 Å². The summed E-state index contributed by atoms with van der Waals surface area (Å²) in [6, 6.07) is 8.95. The van der Waals surface area contributed by atoms with E-state index in [1.807, 2.05) is 30.3 Å². The van der Waals surface area contributed by atoms with E-state index in [4.69, 9.17) is 17.2 Å². The molecule has 3 unspecified atom stereocenters. The fourth-order valence-corrected chi connectivity index (χ4v) is 5.43. The topological polar surface area (TPSA) is 124 Å². The van der Waals surface area contributed by atoms with Crippen LogP contribution in [0.25, 0.3) is 0 Å². The number of carbonyl (C=O) groups is 2. The second kappa shape index (κ2) is 11.6. The van der Waals surface area contributed by atoms with Crippen LogP contribution in [0, 0.1) is 23.2 Å². The van der Waals surface area contributed by atoms with Crippen LogP contribution in [0.1, 0.15) is 77.3 Å². The van der Waals surface area contributed by atoms with E-state index in [1.165, 1.54) is 0 Å². The Kier molecular flexibility index (Phi) is 9.51. The van der Waals surface area contributed by atoms with Gasteiger partial charge in [0.15, 0.2) is 0 Å². The first kappa shape index (κ1) is 25.3. The average Bonchev–Trinajstić information content (AvgIpc) is 2.73. The molecule has 31 heavy (non-hydrogen) atoms. The minimum absolute atomic E-state index is 0.185. The van der Waals surface area contributed by atoms with Crippen LogP contribution in [-0.4, -0.2) is 24.4 Å².